The predicted octanol–water partition coefficient (Wildman–Crippen LogP) is 2.53. The molecular weight excluding hydrogens is 445 g/mol. The van der Waals surface area contributed by atoms with Crippen LogP contribution in [0, 0.1) is 5.82 Å². The number of rotatable bonds is 4. The first kappa shape index (κ1) is 24.1. The van der Waals surface area contributed by atoms with Crippen molar-refractivity contribution in [1.29, 1.82) is 0 Å². The van der Waals surface area contributed by atoms with Crippen molar-refractivity contribution in [1.82, 2.24) is 4.90 Å². The molecule has 2 saturated heterocycles. The van der Waals surface area contributed by atoms with Gasteiger partial charge in [-0.05, 0) is 45.9 Å². The molecular formula is C20H28FN3O7S. The highest BCUT2D eigenvalue weighted by Crippen LogP contribution is 2.32. The Hall–Kier alpha value is -2.60. The van der Waals surface area contributed by atoms with Gasteiger partial charge in [-0.15, -0.1) is 0 Å². The van der Waals surface area contributed by atoms with Crippen LogP contribution in [0.3, 0.4) is 0 Å². The summed E-state index contributed by atoms with van der Waals surface area (Å²) in [4.78, 5) is 29.0. The number of nitrogens with zero attached hydrogens (tertiary/aromatic N) is 3. The van der Waals surface area contributed by atoms with Crippen molar-refractivity contribution in [2.24, 2.45) is 0 Å². The van der Waals surface area contributed by atoms with E-state index < -0.39 is 46.1 Å². The van der Waals surface area contributed by atoms with E-state index in [1.807, 2.05) is 0 Å². The predicted molar refractivity (Wildman–Crippen MR) is 115 cm³/mol. The van der Waals surface area contributed by atoms with Crippen LogP contribution in [-0.4, -0.2) is 75.9 Å². The zero-order chi connectivity index (χ0) is 23.8. The van der Waals surface area contributed by atoms with Gasteiger partial charge in [0, 0.05) is 26.2 Å². The summed E-state index contributed by atoms with van der Waals surface area (Å²) in [7, 11) is -3.84. The van der Waals surface area contributed by atoms with Crippen LogP contribution in [0.2, 0.25) is 0 Å². The molecule has 0 aliphatic carbocycles. The number of hydrogen-bond donors (Lipinski definition) is 0. The molecule has 0 saturated carbocycles. The third-order valence-corrected chi connectivity index (χ3v) is 5.51. The highest BCUT2D eigenvalue weighted by atomic mass is 32.2. The SMILES string of the molecule is CC1C(OS(C)(=O)=O)OC(=O)N1c1ccc(N2CCN(C(=O)OC(C)(C)C)CC2)c(F)c1. The first-order valence-corrected chi connectivity index (χ1v) is 12.0. The zero-order valence-electron chi connectivity index (χ0n) is 18.7. The summed E-state index contributed by atoms with van der Waals surface area (Å²) in [5.74, 6) is -0.555. The lowest BCUT2D eigenvalue weighted by Crippen LogP contribution is -2.50. The van der Waals surface area contributed by atoms with Crippen LogP contribution in [0.15, 0.2) is 18.2 Å². The lowest BCUT2D eigenvalue weighted by molar-refractivity contribution is -0.00474. The van der Waals surface area contributed by atoms with Crippen molar-refractivity contribution in [3.05, 3.63) is 24.0 Å². The first-order valence-electron chi connectivity index (χ1n) is 10.2. The number of carbonyl (C=O) groups is 2. The number of hydrogen-bond acceptors (Lipinski definition) is 8. The van der Waals surface area contributed by atoms with E-state index >= 15 is 0 Å². The lowest BCUT2D eigenvalue weighted by Gasteiger charge is -2.37. The van der Waals surface area contributed by atoms with Crippen molar-refractivity contribution in [3.8, 4) is 0 Å². The summed E-state index contributed by atoms with van der Waals surface area (Å²) < 4.78 is 52.8. The average molecular weight is 474 g/mol. The highest BCUT2D eigenvalue weighted by molar-refractivity contribution is 7.86. The summed E-state index contributed by atoms with van der Waals surface area (Å²) in [6.07, 6.45) is -1.70. The quantitative estimate of drug-likeness (QED) is 0.615. The third kappa shape index (κ3) is 5.60. The van der Waals surface area contributed by atoms with Crippen molar-refractivity contribution < 1.29 is 36.1 Å². The molecule has 1 aromatic rings. The van der Waals surface area contributed by atoms with E-state index in [0.717, 1.165) is 11.2 Å². The Kier molecular flexibility index (Phi) is 6.57. The van der Waals surface area contributed by atoms with E-state index in [4.69, 9.17) is 13.7 Å². The summed E-state index contributed by atoms with van der Waals surface area (Å²) in [5.41, 5.74) is -0.0347. The average Bonchev–Trinajstić information content (AvgIpc) is 2.92. The lowest BCUT2D eigenvalue weighted by atomic mass is 10.2. The molecule has 12 heteroatoms. The van der Waals surface area contributed by atoms with E-state index in [2.05, 4.69) is 0 Å². The van der Waals surface area contributed by atoms with Gasteiger partial charge in [0.15, 0.2) is 0 Å². The van der Waals surface area contributed by atoms with Crippen molar-refractivity contribution in [2.75, 3.05) is 42.2 Å². The Labute approximate surface area is 186 Å². The molecule has 1 aromatic carbocycles. The monoisotopic (exact) mass is 473 g/mol. The van der Waals surface area contributed by atoms with Gasteiger partial charge >= 0.3 is 12.2 Å². The maximum Gasteiger partial charge on any atom is 0.417 e. The number of piperazine rings is 1. The molecule has 2 atom stereocenters. The second kappa shape index (κ2) is 8.74. The second-order valence-electron chi connectivity index (χ2n) is 8.75. The van der Waals surface area contributed by atoms with Crippen LogP contribution in [0.1, 0.15) is 27.7 Å². The fourth-order valence-electron chi connectivity index (χ4n) is 3.51. The number of benzene rings is 1. The van der Waals surface area contributed by atoms with Crippen LogP contribution in [0.5, 0.6) is 0 Å². The second-order valence-corrected chi connectivity index (χ2v) is 10.4. The molecule has 0 spiro atoms. The van der Waals surface area contributed by atoms with Gasteiger partial charge in [0.1, 0.15) is 17.5 Å². The first-order chi connectivity index (χ1) is 14.7. The van der Waals surface area contributed by atoms with Gasteiger partial charge in [-0.25, -0.2) is 18.2 Å². The fraction of sp³-hybridized carbons (Fsp3) is 0.600. The molecule has 2 unspecified atom stereocenters. The Morgan fingerprint density at radius 3 is 2.34 bits per heavy atom. The van der Waals surface area contributed by atoms with Gasteiger partial charge in [0.2, 0.25) is 6.29 Å². The van der Waals surface area contributed by atoms with Gasteiger partial charge in [-0.2, -0.15) is 8.42 Å². The number of ether oxygens (including phenoxy) is 2. The molecule has 2 aliphatic rings. The molecule has 0 aromatic heterocycles. The smallest absolute Gasteiger partial charge is 0.417 e. The Balaban J connectivity index is 1.67. The van der Waals surface area contributed by atoms with Crippen LogP contribution in [0.4, 0.5) is 25.4 Å². The molecule has 2 aliphatic heterocycles. The van der Waals surface area contributed by atoms with E-state index in [0.29, 0.717) is 31.9 Å². The minimum Gasteiger partial charge on any atom is -0.444 e. The van der Waals surface area contributed by atoms with E-state index in [1.165, 1.54) is 6.07 Å². The van der Waals surface area contributed by atoms with E-state index in [9.17, 15) is 22.4 Å². The van der Waals surface area contributed by atoms with Gasteiger partial charge < -0.3 is 19.3 Å². The largest absolute Gasteiger partial charge is 0.444 e. The summed E-state index contributed by atoms with van der Waals surface area (Å²) >= 11 is 0. The van der Waals surface area contributed by atoms with Crippen LogP contribution in [0.25, 0.3) is 0 Å². The molecule has 178 valence electrons. The standard InChI is InChI=1S/C20H28FN3O7S/c1-13-17(31-32(5,27)28)29-19(26)24(13)14-6-7-16(15(21)12-14)22-8-10-23(11-9-22)18(25)30-20(2,3)4/h6-7,12-13,17H,8-11H2,1-5H3. The number of cyclic esters (lactones) is 1. The topological polar surface area (TPSA) is 106 Å². The normalized spacial score (nSPS) is 22.2. The summed E-state index contributed by atoms with van der Waals surface area (Å²) in [5, 5.41) is 0. The maximum absolute atomic E-state index is 14.9. The molecule has 2 fully saturated rings. The summed E-state index contributed by atoms with van der Waals surface area (Å²) in [6, 6.07) is 3.51. The van der Waals surface area contributed by atoms with Crippen LogP contribution >= 0.6 is 0 Å². The fourth-order valence-corrected chi connectivity index (χ4v) is 4.06. The molecule has 3 rings (SSSR count). The Morgan fingerprint density at radius 2 is 1.81 bits per heavy atom. The minimum atomic E-state index is -3.84. The van der Waals surface area contributed by atoms with Gasteiger partial charge in [-0.1, -0.05) is 0 Å². The molecule has 32 heavy (non-hydrogen) atoms. The highest BCUT2D eigenvalue weighted by Gasteiger charge is 2.42. The van der Waals surface area contributed by atoms with Crippen LogP contribution < -0.4 is 9.80 Å². The Bertz CT molecular complexity index is 987. The number of anilines is 2. The van der Waals surface area contributed by atoms with Crippen molar-refractivity contribution in [2.45, 2.75) is 45.6 Å². The number of carbonyl (C=O) groups excluding carboxylic acids is 2. The molecule has 0 N–H and O–H groups in total. The minimum absolute atomic E-state index is 0.218. The number of amides is 2. The van der Waals surface area contributed by atoms with E-state index in [1.54, 1.807) is 49.6 Å². The molecule has 0 radical (unpaired) electrons. The van der Waals surface area contributed by atoms with Crippen molar-refractivity contribution >= 4 is 33.7 Å². The molecule has 0 bridgehead atoms. The molecule has 2 heterocycles. The number of halogens is 1. The zero-order valence-corrected chi connectivity index (χ0v) is 19.5. The van der Waals surface area contributed by atoms with Gasteiger partial charge in [0.25, 0.3) is 10.1 Å². The van der Waals surface area contributed by atoms with Gasteiger partial charge in [0.05, 0.1) is 17.6 Å². The van der Waals surface area contributed by atoms with Crippen LogP contribution in [-0.2, 0) is 23.8 Å². The summed E-state index contributed by atoms with van der Waals surface area (Å²) in [6.45, 7) is 8.54. The van der Waals surface area contributed by atoms with E-state index in [-0.39, 0.29) is 5.69 Å². The molecule has 2 amide bonds. The maximum atomic E-state index is 14.9. The third-order valence-electron chi connectivity index (χ3n) is 4.97. The Morgan fingerprint density at radius 1 is 1.19 bits per heavy atom. The molecule has 10 nitrogen and oxygen atoms in total. The van der Waals surface area contributed by atoms with Gasteiger partial charge in [-0.3, -0.25) is 4.90 Å². The van der Waals surface area contributed by atoms with Crippen molar-refractivity contribution in [3.63, 3.8) is 0 Å².